The third kappa shape index (κ3) is 4.85. The molecule has 1 saturated carbocycles. The number of carbonyl (C=O) groups is 4. The highest BCUT2D eigenvalue weighted by atomic mass is 79.9. The quantitative estimate of drug-likeness (QED) is 0.470. The number of ether oxygens (including phenoxy) is 1. The smallest absolute Gasteiger partial charge is 0.338 e. The van der Waals surface area contributed by atoms with Crippen LogP contribution in [0.3, 0.4) is 0 Å². The Hall–Kier alpha value is -3.00. The number of carbonyl (C=O) groups excluding carboxylic acids is 4. The highest BCUT2D eigenvalue weighted by Crippen LogP contribution is 2.42. The summed E-state index contributed by atoms with van der Waals surface area (Å²) in [5.41, 5.74) is 2.20. The molecule has 0 unspecified atom stereocenters. The molecule has 0 aromatic heterocycles. The van der Waals surface area contributed by atoms with Crippen LogP contribution in [0.1, 0.15) is 42.1 Å². The lowest BCUT2D eigenvalue weighted by Crippen LogP contribution is -2.30. The van der Waals surface area contributed by atoms with Gasteiger partial charge in [0.05, 0.1) is 23.1 Å². The van der Waals surface area contributed by atoms with Gasteiger partial charge in [-0.25, -0.2) is 4.79 Å². The lowest BCUT2D eigenvalue weighted by molar-refractivity contribution is -0.122. The SMILES string of the molecule is Cc1cc(Br)ccc1NC(=O)COC(=O)c1ccc(N2C(=O)[C@@H]3CC[C@H](C)C[C@H]3C2=O)cc1. The van der Waals surface area contributed by atoms with Gasteiger partial charge < -0.3 is 10.1 Å². The van der Waals surface area contributed by atoms with Gasteiger partial charge in [0, 0.05) is 10.2 Å². The minimum atomic E-state index is -0.661. The lowest BCUT2D eigenvalue weighted by atomic mass is 9.76. The molecule has 3 atom stereocenters. The number of halogens is 1. The molecule has 1 aliphatic heterocycles. The number of hydrogen-bond acceptors (Lipinski definition) is 5. The molecule has 1 aliphatic carbocycles. The summed E-state index contributed by atoms with van der Waals surface area (Å²) in [7, 11) is 0. The molecule has 8 heteroatoms. The van der Waals surface area contributed by atoms with Gasteiger partial charge in [-0.1, -0.05) is 22.9 Å². The van der Waals surface area contributed by atoms with Crippen LogP contribution in [0.25, 0.3) is 0 Å². The topological polar surface area (TPSA) is 92.8 Å². The van der Waals surface area contributed by atoms with Crippen LogP contribution in [0.2, 0.25) is 0 Å². The standard InChI is InChI=1S/C25H25BrN2O5/c1-14-3-9-19-20(11-14)24(31)28(23(19)30)18-7-4-16(5-8-18)25(32)33-13-22(29)27-21-10-6-17(26)12-15(21)2/h4-8,10,12,14,19-20H,3,9,11,13H2,1-2H3,(H,27,29)/t14-,19+,20+/m0/s1. The zero-order valence-electron chi connectivity index (χ0n) is 18.5. The van der Waals surface area contributed by atoms with Crippen molar-refractivity contribution < 1.29 is 23.9 Å². The summed E-state index contributed by atoms with van der Waals surface area (Å²) < 4.78 is 6.02. The number of fused-ring (bicyclic) bond motifs is 1. The number of benzene rings is 2. The van der Waals surface area contributed by atoms with Crippen molar-refractivity contribution in [3.8, 4) is 0 Å². The Morgan fingerprint density at radius 2 is 1.76 bits per heavy atom. The fourth-order valence-corrected chi connectivity index (χ4v) is 5.03. The first-order valence-corrected chi connectivity index (χ1v) is 11.7. The molecule has 1 heterocycles. The first kappa shape index (κ1) is 23.2. The first-order chi connectivity index (χ1) is 15.7. The minimum Gasteiger partial charge on any atom is -0.452 e. The highest BCUT2D eigenvalue weighted by molar-refractivity contribution is 9.10. The van der Waals surface area contributed by atoms with Crippen LogP contribution in [-0.2, 0) is 19.1 Å². The van der Waals surface area contributed by atoms with E-state index in [0.717, 1.165) is 29.3 Å². The first-order valence-electron chi connectivity index (χ1n) is 11.0. The fourth-order valence-electron chi connectivity index (χ4n) is 4.56. The Balaban J connectivity index is 1.36. The van der Waals surface area contributed by atoms with E-state index in [0.29, 0.717) is 17.3 Å². The van der Waals surface area contributed by atoms with E-state index >= 15 is 0 Å². The fraction of sp³-hybridized carbons (Fsp3) is 0.360. The van der Waals surface area contributed by atoms with E-state index < -0.39 is 18.5 Å². The molecule has 2 aromatic rings. The van der Waals surface area contributed by atoms with E-state index in [1.165, 1.54) is 17.0 Å². The van der Waals surface area contributed by atoms with Gasteiger partial charge in [0.25, 0.3) is 5.91 Å². The molecule has 4 rings (SSSR count). The maximum absolute atomic E-state index is 12.9. The zero-order chi connectivity index (χ0) is 23.7. The average molecular weight is 513 g/mol. The number of rotatable bonds is 5. The molecule has 3 amide bonds. The number of nitrogens with one attached hydrogen (secondary N) is 1. The molecule has 1 N–H and O–H groups in total. The largest absolute Gasteiger partial charge is 0.452 e. The molecule has 2 aromatic carbocycles. The molecule has 0 bridgehead atoms. The van der Waals surface area contributed by atoms with E-state index in [2.05, 4.69) is 28.2 Å². The lowest BCUT2D eigenvalue weighted by Gasteiger charge is -2.25. The Morgan fingerprint density at radius 3 is 2.45 bits per heavy atom. The minimum absolute atomic E-state index is 0.160. The van der Waals surface area contributed by atoms with E-state index in [1.807, 2.05) is 19.1 Å². The van der Waals surface area contributed by atoms with E-state index in [9.17, 15) is 19.2 Å². The molecule has 33 heavy (non-hydrogen) atoms. The van der Waals surface area contributed by atoms with Crippen molar-refractivity contribution in [2.24, 2.45) is 17.8 Å². The van der Waals surface area contributed by atoms with Gasteiger partial charge in [-0.2, -0.15) is 0 Å². The number of anilines is 2. The van der Waals surface area contributed by atoms with Crippen molar-refractivity contribution in [2.45, 2.75) is 33.1 Å². The van der Waals surface area contributed by atoms with Crippen LogP contribution in [0.4, 0.5) is 11.4 Å². The van der Waals surface area contributed by atoms with Crippen LogP contribution in [-0.4, -0.2) is 30.3 Å². The molecule has 0 spiro atoms. The summed E-state index contributed by atoms with van der Waals surface area (Å²) in [6.45, 7) is 3.54. The zero-order valence-corrected chi connectivity index (χ0v) is 20.1. The summed E-state index contributed by atoms with van der Waals surface area (Å²) in [6, 6.07) is 11.6. The van der Waals surface area contributed by atoms with Gasteiger partial charge in [-0.3, -0.25) is 19.3 Å². The van der Waals surface area contributed by atoms with Crippen LogP contribution >= 0.6 is 15.9 Å². The van der Waals surface area contributed by atoms with Crippen LogP contribution < -0.4 is 10.2 Å². The molecular formula is C25H25BrN2O5. The number of amides is 3. The van der Waals surface area contributed by atoms with Gasteiger partial charge in [0.15, 0.2) is 6.61 Å². The van der Waals surface area contributed by atoms with Gasteiger partial charge in [-0.05, 0) is 80.1 Å². The third-order valence-corrected chi connectivity index (χ3v) is 6.84. The number of hydrogen-bond donors (Lipinski definition) is 1. The summed E-state index contributed by atoms with van der Waals surface area (Å²) in [4.78, 5) is 51.4. The van der Waals surface area contributed by atoms with E-state index in [4.69, 9.17) is 4.74 Å². The number of esters is 1. The number of aryl methyl sites for hydroxylation is 1. The van der Waals surface area contributed by atoms with Crippen molar-refractivity contribution in [2.75, 3.05) is 16.8 Å². The van der Waals surface area contributed by atoms with Crippen molar-refractivity contribution >= 4 is 51.0 Å². The van der Waals surface area contributed by atoms with Gasteiger partial charge in [-0.15, -0.1) is 0 Å². The predicted molar refractivity (Wildman–Crippen MR) is 127 cm³/mol. The predicted octanol–water partition coefficient (Wildman–Crippen LogP) is 4.48. The van der Waals surface area contributed by atoms with Crippen LogP contribution in [0.5, 0.6) is 0 Å². The van der Waals surface area contributed by atoms with Gasteiger partial charge in [0.1, 0.15) is 0 Å². The summed E-state index contributed by atoms with van der Waals surface area (Å²) in [5.74, 6) is -1.49. The molecule has 1 saturated heterocycles. The van der Waals surface area contributed by atoms with Gasteiger partial charge in [0.2, 0.25) is 11.8 Å². The van der Waals surface area contributed by atoms with Crippen molar-refractivity contribution in [3.63, 3.8) is 0 Å². The monoisotopic (exact) mass is 512 g/mol. The van der Waals surface area contributed by atoms with E-state index in [-0.39, 0.29) is 29.2 Å². The number of imide groups is 1. The Morgan fingerprint density at radius 1 is 1.06 bits per heavy atom. The van der Waals surface area contributed by atoms with Crippen LogP contribution in [0.15, 0.2) is 46.9 Å². The van der Waals surface area contributed by atoms with Crippen molar-refractivity contribution in [1.82, 2.24) is 0 Å². The van der Waals surface area contributed by atoms with Crippen molar-refractivity contribution in [3.05, 3.63) is 58.1 Å². The third-order valence-electron chi connectivity index (χ3n) is 6.35. The maximum Gasteiger partial charge on any atom is 0.338 e. The Bertz CT molecular complexity index is 1110. The molecule has 172 valence electrons. The maximum atomic E-state index is 12.9. The molecular weight excluding hydrogens is 488 g/mol. The highest BCUT2D eigenvalue weighted by Gasteiger charge is 2.49. The van der Waals surface area contributed by atoms with Crippen molar-refractivity contribution in [1.29, 1.82) is 0 Å². The average Bonchev–Trinajstić information content (AvgIpc) is 3.03. The van der Waals surface area contributed by atoms with Crippen LogP contribution in [0, 0.1) is 24.7 Å². The molecule has 2 fully saturated rings. The Labute approximate surface area is 200 Å². The summed E-state index contributed by atoms with van der Waals surface area (Å²) in [5, 5.41) is 2.71. The molecule has 2 aliphatic rings. The Kier molecular flexibility index (Phi) is 6.65. The second-order valence-electron chi connectivity index (χ2n) is 8.77. The normalized spacial score (nSPS) is 22.2. The molecule has 7 nitrogen and oxygen atoms in total. The molecule has 0 radical (unpaired) electrons. The number of nitrogens with zero attached hydrogens (tertiary/aromatic N) is 1. The second kappa shape index (κ2) is 9.47. The summed E-state index contributed by atoms with van der Waals surface area (Å²) in [6.07, 6.45) is 2.42. The van der Waals surface area contributed by atoms with E-state index in [1.54, 1.807) is 18.2 Å². The summed E-state index contributed by atoms with van der Waals surface area (Å²) >= 11 is 3.37. The van der Waals surface area contributed by atoms with Gasteiger partial charge >= 0.3 is 5.97 Å². The second-order valence-corrected chi connectivity index (χ2v) is 9.69.